The number of amides is 1. The number of nitrogens with two attached hydrogens (primary N) is 1. The maximum atomic E-state index is 12.8. The van der Waals surface area contributed by atoms with Crippen molar-refractivity contribution < 1.29 is 37.9 Å². The number of benzene rings is 1. The quantitative estimate of drug-likeness (QED) is 0.0319. The molecule has 0 radical (unpaired) electrons. The summed E-state index contributed by atoms with van der Waals surface area (Å²) in [6, 6.07) is 9.51. The van der Waals surface area contributed by atoms with Crippen molar-refractivity contribution in [2.75, 3.05) is 32.9 Å². The summed E-state index contributed by atoms with van der Waals surface area (Å²) in [5.74, 6) is -1.86. The number of unbranched alkanes of at least 4 members (excludes halogenated alkanes) is 1. The Balaban J connectivity index is 2.14. The SMILES string of the molecule is CCOC(=O)/C=C(/O/N=C(\N)C1(CCCCO[Si+](C)C(C)(C)C)CCN(C(=O)OCc2ccccc2)CC1)C(=O)OCC. The fourth-order valence-electron chi connectivity index (χ4n) is 4.38. The molecule has 0 unspecified atom stereocenters. The molecule has 1 heterocycles. The molecule has 1 aliphatic rings. The van der Waals surface area contributed by atoms with Gasteiger partial charge in [-0.3, -0.25) is 0 Å². The number of ether oxygens (including phenoxy) is 3. The topological polar surface area (TPSA) is 139 Å². The van der Waals surface area contributed by atoms with E-state index >= 15 is 0 Å². The number of hydrogen-bond donors (Lipinski definition) is 1. The van der Waals surface area contributed by atoms with Gasteiger partial charge in [0.05, 0.1) is 32.4 Å². The summed E-state index contributed by atoms with van der Waals surface area (Å²) in [5, 5.41) is 4.25. The van der Waals surface area contributed by atoms with Crippen LogP contribution in [0.5, 0.6) is 0 Å². The number of rotatable bonds is 15. The van der Waals surface area contributed by atoms with Gasteiger partial charge in [-0.05, 0) is 65.9 Å². The molecular formula is C31H48N3O8Si+. The number of carbonyl (C=O) groups excluding carboxylic acids is 3. The monoisotopic (exact) mass is 618 g/mol. The molecule has 1 fully saturated rings. The predicted molar refractivity (Wildman–Crippen MR) is 165 cm³/mol. The van der Waals surface area contributed by atoms with Gasteiger partial charge in [-0.15, -0.1) is 0 Å². The van der Waals surface area contributed by atoms with Crippen LogP contribution in [0.15, 0.2) is 47.3 Å². The molecule has 1 aromatic carbocycles. The van der Waals surface area contributed by atoms with Crippen LogP contribution in [0.4, 0.5) is 4.79 Å². The zero-order valence-corrected chi connectivity index (χ0v) is 27.5. The van der Waals surface area contributed by atoms with E-state index in [1.165, 1.54) is 0 Å². The van der Waals surface area contributed by atoms with Crippen molar-refractivity contribution in [2.45, 2.75) is 84.9 Å². The molecule has 0 saturated carbocycles. The first-order valence-electron chi connectivity index (χ1n) is 14.9. The third-order valence-corrected chi connectivity index (χ3v) is 10.2. The molecule has 1 saturated heterocycles. The highest BCUT2D eigenvalue weighted by atomic mass is 28.3. The highest BCUT2D eigenvalue weighted by Crippen LogP contribution is 2.38. The van der Waals surface area contributed by atoms with Crippen LogP contribution in [-0.2, 0) is 39.7 Å². The van der Waals surface area contributed by atoms with Gasteiger partial charge in [0, 0.05) is 18.5 Å². The molecule has 1 aliphatic heterocycles. The average molecular weight is 619 g/mol. The van der Waals surface area contributed by atoms with Crippen LogP contribution < -0.4 is 5.73 Å². The van der Waals surface area contributed by atoms with Crippen LogP contribution in [0.25, 0.3) is 0 Å². The average Bonchev–Trinajstić information content (AvgIpc) is 2.98. The van der Waals surface area contributed by atoms with Crippen molar-refractivity contribution in [1.29, 1.82) is 0 Å². The molecule has 2 N–H and O–H groups in total. The Bertz CT molecular complexity index is 1100. The minimum Gasteiger partial charge on any atom is -0.463 e. The summed E-state index contributed by atoms with van der Waals surface area (Å²) >= 11 is 0. The van der Waals surface area contributed by atoms with E-state index in [9.17, 15) is 14.4 Å². The summed E-state index contributed by atoms with van der Waals surface area (Å²) in [6.07, 6.45) is 3.89. The number of likely N-dealkylation sites (tertiary alicyclic amines) is 1. The lowest BCUT2D eigenvalue weighted by molar-refractivity contribution is -0.144. The lowest BCUT2D eigenvalue weighted by Crippen LogP contribution is -2.49. The van der Waals surface area contributed by atoms with Crippen LogP contribution in [0, 0.1) is 5.41 Å². The Labute approximate surface area is 257 Å². The van der Waals surface area contributed by atoms with Gasteiger partial charge in [-0.25, -0.2) is 18.8 Å². The van der Waals surface area contributed by atoms with E-state index in [1.807, 2.05) is 30.3 Å². The first kappa shape index (κ1) is 35.8. The van der Waals surface area contributed by atoms with Gasteiger partial charge >= 0.3 is 27.1 Å². The number of nitrogens with zero attached hydrogens (tertiary/aromatic N) is 2. The van der Waals surface area contributed by atoms with Gasteiger partial charge in [0.15, 0.2) is 0 Å². The van der Waals surface area contributed by atoms with Gasteiger partial charge in [-0.2, -0.15) is 0 Å². The minimum atomic E-state index is -0.942. The fourth-order valence-corrected chi connectivity index (χ4v) is 5.26. The molecule has 43 heavy (non-hydrogen) atoms. The standard InChI is InChI=1S/C31H48N3O8Si/c1-7-38-26(35)22-25(27(36)39-8-2)42-33-28(32)31(16-12-13-21-41-43(6)30(3,4)5)17-19-34(20-18-31)29(37)40-23-24-14-10-9-11-15-24/h9-11,14-15,22H,7-8,12-13,16-21,23H2,1-6H3,(H2,32,33)/q+1/b25-22+. The minimum absolute atomic E-state index is 0.0830. The van der Waals surface area contributed by atoms with Crippen molar-refractivity contribution in [2.24, 2.45) is 16.3 Å². The highest BCUT2D eigenvalue weighted by Gasteiger charge is 2.41. The molecule has 0 atom stereocenters. The van der Waals surface area contributed by atoms with Crippen molar-refractivity contribution in [3.05, 3.63) is 47.7 Å². The molecule has 2 rings (SSSR count). The van der Waals surface area contributed by atoms with Crippen molar-refractivity contribution in [3.63, 3.8) is 0 Å². The summed E-state index contributed by atoms with van der Waals surface area (Å²) in [4.78, 5) is 44.3. The van der Waals surface area contributed by atoms with Crippen molar-refractivity contribution in [3.8, 4) is 0 Å². The molecule has 1 aromatic rings. The lowest BCUT2D eigenvalue weighted by atomic mass is 9.73. The first-order valence-corrected chi connectivity index (χ1v) is 16.8. The molecular weight excluding hydrogens is 570 g/mol. The van der Waals surface area contributed by atoms with Crippen LogP contribution in [0.1, 0.15) is 72.3 Å². The molecule has 0 spiro atoms. The second kappa shape index (κ2) is 17.7. The maximum Gasteiger partial charge on any atom is 0.475 e. The van der Waals surface area contributed by atoms with E-state index in [-0.39, 0.29) is 36.8 Å². The molecule has 11 nitrogen and oxygen atoms in total. The van der Waals surface area contributed by atoms with E-state index in [1.54, 1.807) is 18.7 Å². The van der Waals surface area contributed by atoms with Gasteiger partial charge in [0.25, 0.3) is 0 Å². The largest absolute Gasteiger partial charge is 0.475 e. The van der Waals surface area contributed by atoms with Gasteiger partial charge < -0.3 is 29.7 Å². The summed E-state index contributed by atoms with van der Waals surface area (Å²) in [6.45, 7) is 13.9. The molecule has 12 heteroatoms. The zero-order valence-electron chi connectivity index (χ0n) is 26.5. The van der Waals surface area contributed by atoms with Crippen LogP contribution >= 0.6 is 0 Å². The third kappa shape index (κ3) is 12.0. The number of piperidine rings is 1. The van der Waals surface area contributed by atoms with E-state index in [0.29, 0.717) is 39.0 Å². The number of oxime groups is 1. The van der Waals surface area contributed by atoms with E-state index in [4.69, 9.17) is 29.2 Å². The third-order valence-electron chi connectivity index (χ3n) is 7.41. The Hall–Kier alpha value is -3.38. The highest BCUT2D eigenvalue weighted by molar-refractivity contribution is 6.53. The molecule has 0 aliphatic carbocycles. The second-order valence-corrected chi connectivity index (χ2v) is 14.4. The molecule has 0 aromatic heterocycles. The number of carbonyl (C=O) groups is 3. The second-order valence-electron chi connectivity index (χ2n) is 11.5. The maximum absolute atomic E-state index is 12.8. The Kier molecular flexibility index (Phi) is 14.7. The summed E-state index contributed by atoms with van der Waals surface area (Å²) < 4.78 is 21.6. The van der Waals surface area contributed by atoms with Crippen LogP contribution in [0.3, 0.4) is 0 Å². The lowest BCUT2D eigenvalue weighted by Gasteiger charge is -2.40. The van der Waals surface area contributed by atoms with Gasteiger partial charge in [0.1, 0.15) is 17.5 Å². The van der Waals surface area contributed by atoms with Gasteiger partial charge in [-0.1, -0.05) is 41.9 Å². The smallest absolute Gasteiger partial charge is 0.463 e. The van der Waals surface area contributed by atoms with E-state index in [2.05, 4.69) is 32.5 Å². The number of hydrogen-bond acceptors (Lipinski definition) is 9. The number of esters is 2. The zero-order chi connectivity index (χ0) is 31.9. The van der Waals surface area contributed by atoms with E-state index in [0.717, 1.165) is 24.5 Å². The fraction of sp³-hybridized carbons (Fsp3) is 0.613. The van der Waals surface area contributed by atoms with Crippen LogP contribution in [-0.4, -0.2) is 70.7 Å². The van der Waals surface area contributed by atoms with Crippen molar-refractivity contribution >= 4 is 32.9 Å². The molecule has 1 amide bonds. The molecule has 0 bridgehead atoms. The molecule has 238 valence electrons. The van der Waals surface area contributed by atoms with Gasteiger partial charge in [0.2, 0.25) is 5.76 Å². The Morgan fingerprint density at radius 2 is 1.67 bits per heavy atom. The van der Waals surface area contributed by atoms with Crippen LogP contribution in [0.2, 0.25) is 11.6 Å². The summed E-state index contributed by atoms with van der Waals surface area (Å²) in [7, 11) is -0.942. The normalized spacial score (nSPS) is 15.4. The van der Waals surface area contributed by atoms with E-state index < -0.39 is 32.2 Å². The first-order chi connectivity index (χ1) is 20.4. The Morgan fingerprint density at radius 1 is 1.02 bits per heavy atom. The number of amidine groups is 1. The van der Waals surface area contributed by atoms with Crippen molar-refractivity contribution in [1.82, 2.24) is 4.90 Å². The predicted octanol–water partition coefficient (Wildman–Crippen LogP) is 5.31. The summed E-state index contributed by atoms with van der Waals surface area (Å²) in [5.41, 5.74) is 6.86. The Morgan fingerprint density at radius 3 is 2.28 bits per heavy atom.